The molecule has 2 rings (SSSR count). The first kappa shape index (κ1) is 12.2. The van der Waals surface area contributed by atoms with Crippen molar-refractivity contribution in [3.8, 4) is 5.75 Å². The number of rotatable bonds is 4. The number of hydrogen-bond acceptors (Lipinski definition) is 2. The Morgan fingerprint density at radius 2 is 2.11 bits per heavy atom. The summed E-state index contributed by atoms with van der Waals surface area (Å²) in [4.78, 5) is 12.0. The third-order valence-corrected chi connectivity index (χ3v) is 2.53. The van der Waals surface area contributed by atoms with E-state index >= 15 is 0 Å². The number of carbonyl (C=O) groups excluding carboxylic acids is 1. The fourth-order valence-electron chi connectivity index (χ4n) is 1.68. The summed E-state index contributed by atoms with van der Waals surface area (Å²) in [5.74, 6) is 0.548. The number of ether oxygens (including phenoxy) is 1. The van der Waals surface area contributed by atoms with Crippen molar-refractivity contribution in [2.24, 2.45) is 7.05 Å². The van der Waals surface area contributed by atoms with Crippen molar-refractivity contribution in [3.63, 3.8) is 0 Å². The average Bonchev–Trinajstić information content (AvgIpc) is 2.79. The molecule has 1 heterocycles. The van der Waals surface area contributed by atoms with Crippen LogP contribution in [0.3, 0.4) is 0 Å². The lowest BCUT2D eigenvalue weighted by atomic mass is 10.2. The van der Waals surface area contributed by atoms with Crippen LogP contribution >= 0.6 is 0 Å². The number of nitrogens with zero attached hydrogens (tertiary/aromatic N) is 1. The van der Waals surface area contributed by atoms with E-state index < -0.39 is 0 Å². The number of amides is 1. The van der Waals surface area contributed by atoms with Crippen LogP contribution in [0.5, 0.6) is 5.75 Å². The van der Waals surface area contributed by atoms with Crippen LogP contribution in [0.15, 0.2) is 42.7 Å². The summed E-state index contributed by atoms with van der Waals surface area (Å²) in [6, 6.07) is 9.18. The van der Waals surface area contributed by atoms with Gasteiger partial charge < -0.3 is 14.6 Å². The lowest BCUT2D eigenvalue weighted by Gasteiger charge is -2.10. The molecule has 0 aliphatic heterocycles. The third-order valence-electron chi connectivity index (χ3n) is 2.53. The van der Waals surface area contributed by atoms with Crippen LogP contribution in [-0.2, 0) is 7.05 Å². The van der Waals surface area contributed by atoms with Gasteiger partial charge in [-0.3, -0.25) is 4.79 Å². The first-order chi connectivity index (χ1) is 8.70. The molecule has 0 radical (unpaired) electrons. The van der Waals surface area contributed by atoms with E-state index in [4.69, 9.17) is 4.74 Å². The summed E-state index contributed by atoms with van der Waals surface area (Å²) in [6.07, 6.45) is 3.61. The molecule has 18 heavy (non-hydrogen) atoms. The minimum atomic E-state index is -0.136. The number of hydrogen-bond donors (Lipinski definition) is 1. The Balaban J connectivity index is 2.16. The van der Waals surface area contributed by atoms with Gasteiger partial charge in [0.1, 0.15) is 5.75 Å². The quantitative estimate of drug-likeness (QED) is 0.898. The van der Waals surface area contributed by atoms with Crippen molar-refractivity contribution in [1.29, 1.82) is 0 Å². The summed E-state index contributed by atoms with van der Waals surface area (Å²) >= 11 is 0. The number of anilines is 1. The van der Waals surface area contributed by atoms with Crippen LogP contribution in [-0.4, -0.2) is 17.1 Å². The van der Waals surface area contributed by atoms with Gasteiger partial charge in [0.25, 0.3) is 5.91 Å². The molecule has 0 saturated carbocycles. The fraction of sp³-hybridized carbons (Fsp3) is 0.214. The number of nitrogens with one attached hydrogen (secondary N) is 1. The third kappa shape index (κ3) is 2.71. The Morgan fingerprint density at radius 3 is 2.78 bits per heavy atom. The molecule has 1 amide bonds. The number of carbonyl (C=O) groups is 1. The van der Waals surface area contributed by atoms with Crippen molar-refractivity contribution in [2.45, 2.75) is 6.92 Å². The Labute approximate surface area is 106 Å². The molecule has 1 N–H and O–H groups in total. The molecule has 0 spiro atoms. The van der Waals surface area contributed by atoms with Crippen LogP contribution in [0.1, 0.15) is 17.3 Å². The average molecular weight is 244 g/mol. The SMILES string of the molecule is CCOc1ccccc1NC(=O)c1ccn(C)c1. The van der Waals surface area contributed by atoms with Gasteiger partial charge >= 0.3 is 0 Å². The van der Waals surface area contributed by atoms with Gasteiger partial charge in [-0.2, -0.15) is 0 Å². The van der Waals surface area contributed by atoms with E-state index in [1.54, 1.807) is 12.3 Å². The molecule has 94 valence electrons. The second kappa shape index (κ2) is 5.40. The Kier molecular flexibility index (Phi) is 3.67. The molecule has 1 aromatic heterocycles. The highest BCUT2D eigenvalue weighted by molar-refractivity contribution is 6.04. The highest BCUT2D eigenvalue weighted by atomic mass is 16.5. The van der Waals surface area contributed by atoms with Gasteiger partial charge in [0.2, 0.25) is 0 Å². The van der Waals surface area contributed by atoms with Gasteiger partial charge in [0.15, 0.2) is 0 Å². The largest absolute Gasteiger partial charge is 0.492 e. The zero-order valence-corrected chi connectivity index (χ0v) is 10.5. The zero-order valence-electron chi connectivity index (χ0n) is 10.5. The highest BCUT2D eigenvalue weighted by Gasteiger charge is 2.10. The Morgan fingerprint density at radius 1 is 1.33 bits per heavy atom. The van der Waals surface area contributed by atoms with Gasteiger partial charge in [-0.15, -0.1) is 0 Å². The van der Waals surface area contributed by atoms with E-state index in [1.165, 1.54) is 0 Å². The van der Waals surface area contributed by atoms with Gasteiger partial charge in [0.05, 0.1) is 17.9 Å². The predicted octanol–water partition coefficient (Wildman–Crippen LogP) is 2.68. The molecule has 0 aliphatic rings. The number of aromatic nitrogens is 1. The summed E-state index contributed by atoms with van der Waals surface area (Å²) in [5, 5.41) is 2.85. The summed E-state index contributed by atoms with van der Waals surface area (Å²) in [7, 11) is 1.88. The van der Waals surface area contributed by atoms with Crippen LogP contribution in [0, 0.1) is 0 Å². The number of aryl methyl sites for hydroxylation is 1. The topological polar surface area (TPSA) is 43.3 Å². The smallest absolute Gasteiger partial charge is 0.257 e. The molecule has 4 nitrogen and oxygen atoms in total. The van der Waals surface area contributed by atoms with Gasteiger partial charge in [-0.1, -0.05) is 12.1 Å². The van der Waals surface area contributed by atoms with E-state index in [0.29, 0.717) is 23.6 Å². The first-order valence-corrected chi connectivity index (χ1v) is 5.86. The molecular weight excluding hydrogens is 228 g/mol. The second-order valence-corrected chi connectivity index (χ2v) is 3.95. The van der Waals surface area contributed by atoms with Gasteiger partial charge in [-0.05, 0) is 25.1 Å². The highest BCUT2D eigenvalue weighted by Crippen LogP contribution is 2.24. The van der Waals surface area contributed by atoms with Crippen LogP contribution < -0.4 is 10.1 Å². The van der Waals surface area contributed by atoms with E-state index in [1.807, 2.05) is 49.0 Å². The lowest BCUT2D eigenvalue weighted by Crippen LogP contribution is -2.12. The van der Waals surface area contributed by atoms with Gasteiger partial charge in [0, 0.05) is 19.4 Å². The molecule has 0 atom stereocenters. The minimum absolute atomic E-state index is 0.136. The molecule has 0 bridgehead atoms. The Bertz CT molecular complexity index is 546. The van der Waals surface area contributed by atoms with Crippen molar-refractivity contribution in [3.05, 3.63) is 48.3 Å². The van der Waals surface area contributed by atoms with Crippen molar-refractivity contribution in [1.82, 2.24) is 4.57 Å². The monoisotopic (exact) mass is 244 g/mol. The molecule has 0 unspecified atom stereocenters. The van der Waals surface area contributed by atoms with Gasteiger partial charge in [-0.25, -0.2) is 0 Å². The van der Waals surface area contributed by atoms with Crippen molar-refractivity contribution < 1.29 is 9.53 Å². The number of benzene rings is 1. The lowest BCUT2D eigenvalue weighted by molar-refractivity contribution is 0.102. The maximum Gasteiger partial charge on any atom is 0.257 e. The maximum absolute atomic E-state index is 12.0. The molecular formula is C14H16N2O2. The first-order valence-electron chi connectivity index (χ1n) is 5.86. The van der Waals surface area contributed by atoms with E-state index in [0.717, 1.165) is 0 Å². The minimum Gasteiger partial charge on any atom is -0.492 e. The number of para-hydroxylation sites is 2. The molecule has 1 aromatic carbocycles. The van der Waals surface area contributed by atoms with Crippen LogP contribution in [0.25, 0.3) is 0 Å². The van der Waals surface area contributed by atoms with Crippen LogP contribution in [0.2, 0.25) is 0 Å². The van der Waals surface area contributed by atoms with E-state index in [2.05, 4.69) is 5.32 Å². The van der Waals surface area contributed by atoms with Crippen LogP contribution in [0.4, 0.5) is 5.69 Å². The summed E-state index contributed by atoms with van der Waals surface area (Å²) in [5.41, 5.74) is 1.32. The fourth-order valence-corrected chi connectivity index (χ4v) is 1.68. The molecule has 0 fully saturated rings. The standard InChI is InChI=1S/C14H16N2O2/c1-3-18-13-7-5-4-6-12(13)15-14(17)11-8-9-16(2)10-11/h4-10H,3H2,1-2H3,(H,15,17). The van der Waals surface area contributed by atoms with E-state index in [-0.39, 0.29) is 5.91 Å². The van der Waals surface area contributed by atoms with E-state index in [9.17, 15) is 4.79 Å². The second-order valence-electron chi connectivity index (χ2n) is 3.95. The zero-order chi connectivity index (χ0) is 13.0. The Hall–Kier alpha value is -2.23. The summed E-state index contributed by atoms with van der Waals surface area (Å²) < 4.78 is 7.30. The normalized spacial score (nSPS) is 10.1. The molecule has 2 aromatic rings. The maximum atomic E-state index is 12.0. The molecule has 0 saturated heterocycles. The summed E-state index contributed by atoms with van der Waals surface area (Å²) in [6.45, 7) is 2.48. The molecule has 0 aliphatic carbocycles. The van der Waals surface area contributed by atoms with Crippen molar-refractivity contribution in [2.75, 3.05) is 11.9 Å². The van der Waals surface area contributed by atoms with Crippen molar-refractivity contribution >= 4 is 11.6 Å². The predicted molar refractivity (Wildman–Crippen MR) is 71.0 cm³/mol. The molecule has 4 heteroatoms.